The zero-order chi connectivity index (χ0) is 10.8. The lowest BCUT2D eigenvalue weighted by atomic mass is 9.89. The van der Waals surface area contributed by atoms with Gasteiger partial charge >= 0.3 is 5.97 Å². The minimum Gasteiger partial charge on any atom is -0.468 e. The van der Waals surface area contributed by atoms with Gasteiger partial charge in [-0.3, -0.25) is 10.1 Å². The standard InChI is InChI=1S/C11H21NO2/c1-5-11(9-6-7-9,10(13)14-4)12-8(2)3/h8-9,12H,5-7H2,1-4H3. The van der Waals surface area contributed by atoms with Gasteiger partial charge in [0.05, 0.1) is 7.11 Å². The molecule has 0 radical (unpaired) electrons. The van der Waals surface area contributed by atoms with E-state index in [-0.39, 0.29) is 5.97 Å². The van der Waals surface area contributed by atoms with E-state index in [9.17, 15) is 4.79 Å². The van der Waals surface area contributed by atoms with Crippen molar-refractivity contribution in [2.45, 2.75) is 51.6 Å². The highest BCUT2D eigenvalue weighted by molar-refractivity contribution is 5.81. The lowest BCUT2D eigenvalue weighted by Crippen LogP contribution is -2.56. The number of hydrogen-bond acceptors (Lipinski definition) is 3. The molecule has 0 spiro atoms. The molecule has 1 unspecified atom stereocenters. The van der Waals surface area contributed by atoms with Crippen LogP contribution in [0.2, 0.25) is 0 Å². The van der Waals surface area contributed by atoms with Crippen molar-refractivity contribution in [2.24, 2.45) is 5.92 Å². The van der Waals surface area contributed by atoms with Gasteiger partial charge in [0.2, 0.25) is 0 Å². The van der Waals surface area contributed by atoms with Crippen LogP contribution in [0, 0.1) is 5.92 Å². The maximum atomic E-state index is 11.8. The summed E-state index contributed by atoms with van der Waals surface area (Å²) in [6.45, 7) is 6.18. The number of carbonyl (C=O) groups excluding carboxylic acids is 1. The Morgan fingerprint density at radius 2 is 2.14 bits per heavy atom. The summed E-state index contributed by atoms with van der Waals surface area (Å²) in [7, 11) is 1.47. The Labute approximate surface area is 86.2 Å². The summed E-state index contributed by atoms with van der Waals surface area (Å²) in [5.41, 5.74) is -0.428. The highest BCUT2D eigenvalue weighted by atomic mass is 16.5. The average Bonchev–Trinajstić information content (AvgIpc) is 2.96. The van der Waals surface area contributed by atoms with Gasteiger partial charge in [0.25, 0.3) is 0 Å². The third kappa shape index (κ3) is 2.08. The average molecular weight is 199 g/mol. The first-order valence-electron chi connectivity index (χ1n) is 5.43. The van der Waals surface area contributed by atoms with Crippen LogP contribution in [0.4, 0.5) is 0 Å². The van der Waals surface area contributed by atoms with Crippen LogP contribution in [0.25, 0.3) is 0 Å². The van der Waals surface area contributed by atoms with E-state index in [0.29, 0.717) is 12.0 Å². The van der Waals surface area contributed by atoms with Crippen LogP contribution in [0.3, 0.4) is 0 Å². The van der Waals surface area contributed by atoms with Crippen LogP contribution >= 0.6 is 0 Å². The van der Waals surface area contributed by atoms with Crippen molar-refractivity contribution in [3.63, 3.8) is 0 Å². The second kappa shape index (κ2) is 4.30. The summed E-state index contributed by atoms with van der Waals surface area (Å²) in [4.78, 5) is 11.8. The fraction of sp³-hybridized carbons (Fsp3) is 0.909. The van der Waals surface area contributed by atoms with Gasteiger partial charge < -0.3 is 4.74 Å². The molecular formula is C11H21NO2. The molecule has 0 bridgehead atoms. The second-order valence-corrected chi connectivity index (χ2v) is 4.39. The Balaban J connectivity index is 2.79. The maximum absolute atomic E-state index is 11.8. The van der Waals surface area contributed by atoms with E-state index in [2.05, 4.69) is 19.2 Å². The Hall–Kier alpha value is -0.570. The van der Waals surface area contributed by atoms with Gasteiger partial charge in [-0.25, -0.2) is 0 Å². The zero-order valence-corrected chi connectivity index (χ0v) is 9.59. The molecule has 3 nitrogen and oxygen atoms in total. The third-order valence-electron chi connectivity index (χ3n) is 2.93. The van der Waals surface area contributed by atoms with E-state index in [0.717, 1.165) is 19.3 Å². The van der Waals surface area contributed by atoms with Crippen LogP contribution in [0.15, 0.2) is 0 Å². The van der Waals surface area contributed by atoms with Crippen molar-refractivity contribution in [3.05, 3.63) is 0 Å². The van der Waals surface area contributed by atoms with E-state index in [1.165, 1.54) is 7.11 Å². The summed E-state index contributed by atoms with van der Waals surface area (Å²) >= 11 is 0. The predicted octanol–water partition coefficient (Wildman–Crippen LogP) is 1.72. The molecule has 0 aromatic rings. The molecule has 0 saturated heterocycles. The molecule has 1 aliphatic rings. The summed E-state index contributed by atoms with van der Waals surface area (Å²) < 4.78 is 4.91. The van der Waals surface area contributed by atoms with Crippen molar-refractivity contribution in [3.8, 4) is 0 Å². The highest BCUT2D eigenvalue weighted by Crippen LogP contribution is 2.42. The van der Waals surface area contributed by atoms with Crippen molar-refractivity contribution < 1.29 is 9.53 Å². The Morgan fingerprint density at radius 3 is 2.43 bits per heavy atom. The lowest BCUT2D eigenvalue weighted by Gasteiger charge is -2.33. The Morgan fingerprint density at radius 1 is 1.57 bits per heavy atom. The van der Waals surface area contributed by atoms with Gasteiger partial charge in [0.1, 0.15) is 5.54 Å². The van der Waals surface area contributed by atoms with Gasteiger partial charge in [-0.2, -0.15) is 0 Å². The summed E-state index contributed by atoms with van der Waals surface area (Å²) in [6.07, 6.45) is 3.09. The molecule has 14 heavy (non-hydrogen) atoms. The largest absolute Gasteiger partial charge is 0.468 e. The number of methoxy groups -OCH3 is 1. The Bertz CT molecular complexity index is 211. The van der Waals surface area contributed by atoms with Crippen molar-refractivity contribution in [1.82, 2.24) is 5.32 Å². The van der Waals surface area contributed by atoms with Crippen molar-refractivity contribution >= 4 is 5.97 Å². The quantitative estimate of drug-likeness (QED) is 0.685. The molecule has 1 aliphatic carbocycles. The van der Waals surface area contributed by atoms with Gasteiger partial charge in [0.15, 0.2) is 0 Å². The molecule has 0 aromatic heterocycles. The first-order chi connectivity index (χ1) is 6.56. The van der Waals surface area contributed by atoms with E-state index < -0.39 is 5.54 Å². The SMILES string of the molecule is CCC(NC(C)C)(C(=O)OC)C1CC1. The molecule has 82 valence electrons. The number of esters is 1. The number of carbonyl (C=O) groups is 1. The fourth-order valence-corrected chi connectivity index (χ4v) is 2.15. The molecule has 0 amide bonds. The van der Waals surface area contributed by atoms with Gasteiger partial charge in [-0.15, -0.1) is 0 Å². The molecular weight excluding hydrogens is 178 g/mol. The molecule has 1 fully saturated rings. The van der Waals surface area contributed by atoms with Crippen LogP contribution in [-0.2, 0) is 9.53 Å². The normalized spacial score (nSPS) is 20.6. The zero-order valence-electron chi connectivity index (χ0n) is 9.59. The molecule has 1 N–H and O–H groups in total. The van der Waals surface area contributed by atoms with Crippen LogP contribution in [0.1, 0.15) is 40.0 Å². The summed E-state index contributed by atoms with van der Waals surface area (Å²) in [6, 6.07) is 0.314. The molecule has 1 saturated carbocycles. The van der Waals surface area contributed by atoms with E-state index in [1.54, 1.807) is 0 Å². The predicted molar refractivity (Wildman–Crippen MR) is 56.0 cm³/mol. The molecule has 0 aliphatic heterocycles. The number of rotatable bonds is 5. The third-order valence-corrected chi connectivity index (χ3v) is 2.93. The smallest absolute Gasteiger partial charge is 0.326 e. The molecule has 0 aromatic carbocycles. The fourth-order valence-electron chi connectivity index (χ4n) is 2.15. The van der Waals surface area contributed by atoms with Crippen LogP contribution in [-0.4, -0.2) is 24.7 Å². The topological polar surface area (TPSA) is 38.3 Å². The van der Waals surface area contributed by atoms with Gasteiger partial charge in [-0.05, 0) is 39.0 Å². The number of hydrogen-bond donors (Lipinski definition) is 1. The van der Waals surface area contributed by atoms with Crippen molar-refractivity contribution in [2.75, 3.05) is 7.11 Å². The van der Waals surface area contributed by atoms with Crippen molar-refractivity contribution in [1.29, 1.82) is 0 Å². The highest BCUT2D eigenvalue weighted by Gasteiger charge is 2.50. The summed E-state index contributed by atoms with van der Waals surface area (Å²) in [5.74, 6) is 0.374. The first kappa shape index (κ1) is 11.5. The first-order valence-corrected chi connectivity index (χ1v) is 5.43. The molecule has 0 heterocycles. The van der Waals surface area contributed by atoms with Gasteiger partial charge in [-0.1, -0.05) is 6.92 Å². The van der Waals surface area contributed by atoms with Crippen LogP contribution < -0.4 is 5.32 Å². The van der Waals surface area contributed by atoms with Gasteiger partial charge in [0, 0.05) is 6.04 Å². The number of ether oxygens (including phenoxy) is 1. The van der Waals surface area contributed by atoms with E-state index >= 15 is 0 Å². The maximum Gasteiger partial charge on any atom is 0.326 e. The lowest BCUT2D eigenvalue weighted by molar-refractivity contribution is -0.150. The molecule has 1 atom stereocenters. The Kier molecular flexibility index (Phi) is 3.53. The minimum absolute atomic E-state index is 0.101. The minimum atomic E-state index is -0.428. The molecule has 3 heteroatoms. The summed E-state index contributed by atoms with van der Waals surface area (Å²) in [5, 5.41) is 3.38. The number of nitrogens with one attached hydrogen (secondary N) is 1. The van der Waals surface area contributed by atoms with E-state index in [1.807, 2.05) is 6.92 Å². The molecule has 1 rings (SSSR count). The van der Waals surface area contributed by atoms with Crippen LogP contribution in [0.5, 0.6) is 0 Å². The monoisotopic (exact) mass is 199 g/mol. The van der Waals surface area contributed by atoms with E-state index in [4.69, 9.17) is 4.74 Å². The second-order valence-electron chi connectivity index (χ2n) is 4.39.